The van der Waals surface area contributed by atoms with Crippen LogP contribution in [0.2, 0.25) is 0 Å². The van der Waals surface area contributed by atoms with Gasteiger partial charge in [-0.05, 0) is 12.0 Å². The molecule has 1 unspecified atom stereocenters. The first-order chi connectivity index (χ1) is 5.88. The molecule has 2 rings (SSSR count). The lowest BCUT2D eigenvalue weighted by molar-refractivity contribution is 0.890. The number of hydrogen-bond acceptors (Lipinski definition) is 0. The van der Waals surface area contributed by atoms with Gasteiger partial charge in [0.15, 0.2) is 0 Å². The molecule has 12 heavy (non-hydrogen) atoms. The first-order valence-electron chi connectivity index (χ1n) is 4.27. The second-order valence-corrected chi connectivity index (χ2v) is 3.17. The van der Waals surface area contributed by atoms with Gasteiger partial charge in [-0.25, -0.2) is 0 Å². The Morgan fingerprint density at radius 3 is 2.83 bits per heavy atom. The molecule has 1 atom stereocenters. The van der Waals surface area contributed by atoms with Crippen LogP contribution in [0.25, 0.3) is 0 Å². The second kappa shape index (κ2) is 2.98. The van der Waals surface area contributed by atoms with Gasteiger partial charge in [0, 0.05) is 5.92 Å². The molecule has 0 aromatic carbocycles. The Balaban J connectivity index is 2.19. The Hall–Kier alpha value is -1.30. The van der Waals surface area contributed by atoms with E-state index in [4.69, 9.17) is 0 Å². The summed E-state index contributed by atoms with van der Waals surface area (Å²) < 4.78 is 0. The van der Waals surface area contributed by atoms with Crippen molar-refractivity contribution in [3.05, 3.63) is 60.3 Å². The second-order valence-electron chi connectivity index (χ2n) is 3.17. The SMILES string of the molecule is C=C1C=CC=CC1C1=CC=CC1. The highest BCUT2D eigenvalue weighted by molar-refractivity contribution is 5.41. The topological polar surface area (TPSA) is 0 Å². The standard InChI is InChI=1S/C12H12/c1-10-6-2-5-9-12(10)11-7-3-4-8-11/h2-7,9,12H,1,8H2. The van der Waals surface area contributed by atoms with Crippen molar-refractivity contribution < 1.29 is 0 Å². The van der Waals surface area contributed by atoms with Crippen LogP contribution in [0.5, 0.6) is 0 Å². The van der Waals surface area contributed by atoms with Crippen molar-refractivity contribution in [1.82, 2.24) is 0 Å². The molecule has 0 nitrogen and oxygen atoms in total. The van der Waals surface area contributed by atoms with Gasteiger partial charge in [-0.3, -0.25) is 0 Å². The predicted molar refractivity (Wildman–Crippen MR) is 52.8 cm³/mol. The quantitative estimate of drug-likeness (QED) is 0.547. The minimum Gasteiger partial charge on any atom is -0.0949 e. The molecule has 0 saturated heterocycles. The van der Waals surface area contributed by atoms with Gasteiger partial charge in [-0.15, -0.1) is 0 Å². The summed E-state index contributed by atoms with van der Waals surface area (Å²) in [5.74, 6) is 0.449. The van der Waals surface area contributed by atoms with E-state index < -0.39 is 0 Å². The van der Waals surface area contributed by atoms with E-state index in [9.17, 15) is 0 Å². The Bertz CT molecular complexity index is 311. The normalized spacial score (nSPS) is 26.5. The van der Waals surface area contributed by atoms with Crippen LogP contribution < -0.4 is 0 Å². The average molecular weight is 156 g/mol. The third-order valence-electron chi connectivity index (χ3n) is 2.32. The molecular weight excluding hydrogens is 144 g/mol. The highest BCUT2D eigenvalue weighted by Gasteiger charge is 2.14. The molecule has 0 spiro atoms. The minimum atomic E-state index is 0.449. The molecule has 0 heteroatoms. The van der Waals surface area contributed by atoms with E-state index >= 15 is 0 Å². The molecule has 0 N–H and O–H groups in total. The summed E-state index contributed by atoms with van der Waals surface area (Å²) in [4.78, 5) is 0. The van der Waals surface area contributed by atoms with Crippen LogP contribution in [0.4, 0.5) is 0 Å². The molecule has 60 valence electrons. The Morgan fingerprint density at radius 1 is 1.25 bits per heavy atom. The zero-order valence-corrected chi connectivity index (χ0v) is 7.03. The van der Waals surface area contributed by atoms with Crippen LogP contribution in [0.1, 0.15) is 6.42 Å². The molecular formula is C12H12. The summed E-state index contributed by atoms with van der Waals surface area (Å²) in [6.07, 6.45) is 16.0. The summed E-state index contributed by atoms with van der Waals surface area (Å²) >= 11 is 0. The summed E-state index contributed by atoms with van der Waals surface area (Å²) in [6, 6.07) is 0. The molecule has 0 aliphatic heterocycles. The van der Waals surface area contributed by atoms with Crippen molar-refractivity contribution >= 4 is 0 Å². The monoisotopic (exact) mass is 156 g/mol. The van der Waals surface area contributed by atoms with Crippen molar-refractivity contribution in [1.29, 1.82) is 0 Å². The molecule has 2 aliphatic carbocycles. The molecule has 2 aliphatic rings. The maximum Gasteiger partial charge on any atom is 0.0231 e. The predicted octanol–water partition coefficient (Wildman–Crippen LogP) is 3.17. The fraction of sp³-hybridized carbons (Fsp3) is 0.167. The summed E-state index contributed by atoms with van der Waals surface area (Å²) in [5, 5.41) is 0. The zero-order valence-electron chi connectivity index (χ0n) is 7.03. The van der Waals surface area contributed by atoms with Crippen LogP contribution in [0.3, 0.4) is 0 Å². The molecule has 0 fully saturated rings. The molecule has 0 aromatic heterocycles. The summed E-state index contributed by atoms with van der Waals surface area (Å²) in [7, 11) is 0. The summed E-state index contributed by atoms with van der Waals surface area (Å²) in [5.41, 5.74) is 2.66. The molecule has 0 bridgehead atoms. The van der Waals surface area contributed by atoms with Crippen LogP contribution in [-0.2, 0) is 0 Å². The first kappa shape index (κ1) is 7.35. The van der Waals surface area contributed by atoms with Crippen molar-refractivity contribution in [2.45, 2.75) is 6.42 Å². The third kappa shape index (κ3) is 1.20. The van der Waals surface area contributed by atoms with Crippen molar-refractivity contribution in [2.75, 3.05) is 0 Å². The number of hydrogen-bond donors (Lipinski definition) is 0. The maximum absolute atomic E-state index is 4.03. The van der Waals surface area contributed by atoms with Gasteiger partial charge in [-0.2, -0.15) is 0 Å². The Morgan fingerprint density at radius 2 is 2.17 bits per heavy atom. The molecule has 0 heterocycles. The van der Waals surface area contributed by atoms with E-state index in [2.05, 4.69) is 43.0 Å². The van der Waals surface area contributed by atoms with E-state index in [1.165, 1.54) is 11.1 Å². The third-order valence-corrected chi connectivity index (χ3v) is 2.32. The van der Waals surface area contributed by atoms with Gasteiger partial charge in [-0.1, -0.05) is 54.7 Å². The van der Waals surface area contributed by atoms with Crippen LogP contribution in [0.15, 0.2) is 60.3 Å². The molecule has 0 radical (unpaired) electrons. The van der Waals surface area contributed by atoms with Crippen LogP contribution in [0, 0.1) is 5.92 Å². The van der Waals surface area contributed by atoms with Crippen LogP contribution in [-0.4, -0.2) is 0 Å². The van der Waals surface area contributed by atoms with E-state index in [1.54, 1.807) is 0 Å². The van der Waals surface area contributed by atoms with Gasteiger partial charge < -0.3 is 0 Å². The van der Waals surface area contributed by atoms with Gasteiger partial charge >= 0.3 is 0 Å². The largest absolute Gasteiger partial charge is 0.0949 e. The van der Waals surface area contributed by atoms with E-state index in [0.29, 0.717) is 5.92 Å². The van der Waals surface area contributed by atoms with Crippen LogP contribution >= 0.6 is 0 Å². The van der Waals surface area contributed by atoms with Crippen molar-refractivity contribution in [3.8, 4) is 0 Å². The maximum atomic E-state index is 4.03. The average Bonchev–Trinajstić information content (AvgIpc) is 2.57. The lowest BCUT2D eigenvalue weighted by Crippen LogP contribution is -2.03. The molecule has 0 saturated carbocycles. The fourth-order valence-corrected chi connectivity index (χ4v) is 1.64. The number of allylic oxidation sites excluding steroid dienone is 9. The van der Waals surface area contributed by atoms with Crippen molar-refractivity contribution in [3.63, 3.8) is 0 Å². The number of rotatable bonds is 1. The summed E-state index contributed by atoms with van der Waals surface area (Å²) in [6.45, 7) is 4.03. The Labute approximate surface area is 73.3 Å². The Kier molecular flexibility index (Phi) is 1.83. The van der Waals surface area contributed by atoms with E-state index in [-0.39, 0.29) is 0 Å². The van der Waals surface area contributed by atoms with Crippen molar-refractivity contribution in [2.24, 2.45) is 5.92 Å². The van der Waals surface area contributed by atoms with Gasteiger partial charge in [0.25, 0.3) is 0 Å². The first-order valence-corrected chi connectivity index (χ1v) is 4.27. The fourth-order valence-electron chi connectivity index (χ4n) is 1.64. The zero-order chi connectivity index (χ0) is 8.39. The van der Waals surface area contributed by atoms with Gasteiger partial charge in [0.2, 0.25) is 0 Å². The molecule has 0 aromatic rings. The lowest BCUT2D eigenvalue weighted by atomic mass is 9.88. The minimum absolute atomic E-state index is 0.449. The van der Waals surface area contributed by atoms with Gasteiger partial charge in [0.05, 0.1) is 0 Å². The highest BCUT2D eigenvalue weighted by atomic mass is 14.2. The van der Waals surface area contributed by atoms with E-state index in [1.807, 2.05) is 6.08 Å². The lowest BCUT2D eigenvalue weighted by Gasteiger charge is -2.16. The van der Waals surface area contributed by atoms with Gasteiger partial charge in [0.1, 0.15) is 0 Å². The highest BCUT2D eigenvalue weighted by Crippen LogP contribution is 2.29. The van der Waals surface area contributed by atoms with E-state index in [0.717, 1.165) is 6.42 Å². The molecule has 0 amide bonds. The smallest absolute Gasteiger partial charge is 0.0231 e.